The van der Waals surface area contributed by atoms with Crippen LogP contribution in [0.2, 0.25) is 0 Å². The number of carbonyl (C=O) groups is 1. The number of benzene rings is 1. The molecule has 3 aromatic rings. The fraction of sp³-hybridized carbons (Fsp3) is 0.407. The highest BCUT2D eigenvalue weighted by molar-refractivity contribution is 5.95. The van der Waals surface area contributed by atoms with Crippen LogP contribution in [0.15, 0.2) is 59.3 Å². The molecule has 0 bridgehead atoms. The number of amides is 1. The molecule has 1 aromatic carbocycles. The number of furan rings is 1. The monoisotopic (exact) mass is 444 g/mol. The fourth-order valence-electron chi connectivity index (χ4n) is 4.91. The number of hydrogen-bond donors (Lipinski definition) is 1. The van der Waals surface area contributed by atoms with E-state index >= 15 is 0 Å². The molecule has 0 saturated carbocycles. The van der Waals surface area contributed by atoms with Crippen LogP contribution in [-0.2, 0) is 19.5 Å². The van der Waals surface area contributed by atoms with Gasteiger partial charge in [-0.1, -0.05) is 31.2 Å². The van der Waals surface area contributed by atoms with Gasteiger partial charge in [-0.15, -0.1) is 0 Å². The van der Waals surface area contributed by atoms with Crippen molar-refractivity contribution in [1.29, 1.82) is 0 Å². The summed E-state index contributed by atoms with van der Waals surface area (Å²) in [6.07, 6.45) is 6.92. The van der Waals surface area contributed by atoms with Gasteiger partial charge in [-0.25, -0.2) is 4.98 Å². The second-order valence-electron chi connectivity index (χ2n) is 9.44. The number of fused-ring (bicyclic) bond motifs is 1. The Morgan fingerprint density at radius 3 is 2.73 bits per heavy atom. The molecule has 2 aliphatic rings. The minimum atomic E-state index is -0.118. The van der Waals surface area contributed by atoms with E-state index < -0.39 is 0 Å². The van der Waals surface area contributed by atoms with Crippen LogP contribution in [0.5, 0.6) is 0 Å². The summed E-state index contributed by atoms with van der Waals surface area (Å²) in [4.78, 5) is 22.2. The second-order valence-corrected chi connectivity index (χ2v) is 9.44. The normalized spacial score (nSPS) is 18.4. The third-order valence-electron chi connectivity index (χ3n) is 7.02. The fourth-order valence-corrected chi connectivity index (χ4v) is 4.91. The summed E-state index contributed by atoms with van der Waals surface area (Å²) >= 11 is 0. The van der Waals surface area contributed by atoms with E-state index in [1.165, 1.54) is 24.1 Å². The first-order valence-corrected chi connectivity index (χ1v) is 12.0. The van der Waals surface area contributed by atoms with Crippen molar-refractivity contribution in [3.8, 4) is 0 Å². The molecule has 0 spiro atoms. The molecule has 2 aliphatic heterocycles. The van der Waals surface area contributed by atoms with Gasteiger partial charge in [-0.05, 0) is 61.4 Å². The second kappa shape index (κ2) is 9.30. The summed E-state index contributed by atoms with van der Waals surface area (Å²) < 4.78 is 5.73. The first-order valence-electron chi connectivity index (χ1n) is 12.0. The van der Waals surface area contributed by atoms with Gasteiger partial charge in [0.2, 0.25) is 0 Å². The predicted octanol–water partition coefficient (Wildman–Crippen LogP) is 4.79. The van der Waals surface area contributed by atoms with E-state index in [0.29, 0.717) is 30.5 Å². The molecule has 1 amide bonds. The minimum Gasteiger partial charge on any atom is -0.467 e. The minimum absolute atomic E-state index is 0.118. The maximum atomic E-state index is 12.9. The molecule has 1 N–H and O–H groups in total. The van der Waals surface area contributed by atoms with Crippen molar-refractivity contribution in [2.75, 3.05) is 22.9 Å². The molecule has 172 valence electrons. The molecule has 1 fully saturated rings. The number of carbonyl (C=O) groups excluding carboxylic acids is 1. The average Bonchev–Trinajstić information content (AvgIpc) is 3.43. The molecule has 0 aliphatic carbocycles. The summed E-state index contributed by atoms with van der Waals surface area (Å²) in [5.74, 6) is 2.40. The number of nitrogens with zero attached hydrogens (tertiary/aromatic N) is 3. The summed E-state index contributed by atoms with van der Waals surface area (Å²) in [6.45, 7) is 7.67. The van der Waals surface area contributed by atoms with Crippen molar-refractivity contribution in [3.05, 3.63) is 77.4 Å². The maximum Gasteiger partial charge on any atom is 0.255 e. The Morgan fingerprint density at radius 1 is 1.12 bits per heavy atom. The Bertz CT molecular complexity index is 1100. The number of pyridine rings is 1. The van der Waals surface area contributed by atoms with Crippen molar-refractivity contribution >= 4 is 17.4 Å². The first kappa shape index (κ1) is 21.6. The lowest BCUT2D eigenvalue weighted by atomic mass is 9.99. The third-order valence-corrected chi connectivity index (χ3v) is 7.02. The van der Waals surface area contributed by atoms with Crippen molar-refractivity contribution < 1.29 is 9.21 Å². The van der Waals surface area contributed by atoms with Gasteiger partial charge in [0.05, 0.1) is 18.4 Å². The lowest BCUT2D eigenvalue weighted by Gasteiger charge is -2.31. The van der Waals surface area contributed by atoms with Crippen LogP contribution < -0.4 is 15.1 Å². The lowest BCUT2D eigenvalue weighted by molar-refractivity contribution is 0.0949. The predicted molar refractivity (Wildman–Crippen MR) is 131 cm³/mol. The molecule has 2 aromatic heterocycles. The lowest BCUT2D eigenvalue weighted by Crippen LogP contribution is -2.33. The summed E-state index contributed by atoms with van der Waals surface area (Å²) in [7, 11) is 0. The van der Waals surface area contributed by atoms with E-state index in [1.54, 1.807) is 12.3 Å². The molecule has 6 heteroatoms. The number of aromatic nitrogens is 1. The summed E-state index contributed by atoms with van der Waals surface area (Å²) in [6, 6.07) is 14.7. The van der Waals surface area contributed by atoms with Gasteiger partial charge < -0.3 is 19.5 Å². The van der Waals surface area contributed by atoms with Gasteiger partial charge >= 0.3 is 0 Å². The van der Waals surface area contributed by atoms with Crippen LogP contribution in [0, 0.1) is 5.92 Å². The van der Waals surface area contributed by atoms with Crippen LogP contribution in [0.25, 0.3) is 0 Å². The molecular weight excluding hydrogens is 412 g/mol. The average molecular weight is 445 g/mol. The van der Waals surface area contributed by atoms with Gasteiger partial charge in [-0.2, -0.15) is 0 Å². The third kappa shape index (κ3) is 4.61. The van der Waals surface area contributed by atoms with Crippen molar-refractivity contribution in [1.82, 2.24) is 10.3 Å². The van der Waals surface area contributed by atoms with Crippen LogP contribution >= 0.6 is 0 Å². The van der Waals surface area contributed by atoms with Crippen molar-refractivity contribution in [2.45, 2.75) is 52.2 Å². The van der Waals surface area contributed by atoms with E-state index in [4.69, 9.17) is 4.42 Å². The Kier molecular flexibility index (Phi) is 6.07. The van der Waals surface area contributed by atoms with Crippen LogP contribution in [0.3, 0.4) is 0 Å². The SMILES string of the molecule is CC1CCN(c2ccc(CNC(=O)c3ccoc3CN3c4ccccc4CC3C)cn2)CC1. The zero-order valence-electron chi connectivity index (χ0n) is 19.5. The number of piperidine rings is 1. The Balaban J connectivity index is 1.20. The topological polar surface area (TPSA) is 61.6 Å². The zero-order valence-corrected chi connectivity index (χ0v) is 19.5. The first-order chi connectivity index (χ1) is 16.1. The van der Waals surface area contributed by atoms with Gasteiger partial charge in [0.1, 0.15) is 11.6 Å². The van der Waals surface area contributed by atoms with Gasteiger partial charge in [0, 0.05) is 37.6 Å². The van der Waals surface area contributed by atoms with E-state index in [1.807, 2.05) is 6.20 Å². The Morgan fingerprint density at radius 2 is 1.94 bits per heavy atom. The number of hydrogen-bond acceptors (Lipinski definition) is 5. The molecule has 6 nitrogen and oxygen atoms in total. The van der Waals surface area contributed by atoms with Crippen LogP contribution in [-0.4, -0.2) is 30.0 Å². The van der Waals surface area contributed by atoms with E-state index in [2.05, 4.69) is 70.3 Å². The van der Waals surface area contributed by atoms with E-state index in [9.17, 15) is 4.79 Å². The summed E-state index contributed by atoms with van der Waals surface area (Å²) in [5, 5.41) is 3.03. The number of anilines is 2. The molecule has 1 saturated heterocycles. The molecule has 5 rings (SSSR count). The van der Waals surface area contributed by atoms with Crippen molar-refractivity contribution in [3.63, 3.8) is 0 Å². The molecule has 4 heterocycles. The highest BCUT2D eigenvalue weighted by Gasteiger charge is 2.28. The number of nitrogens with one attached hydrogen (secondary N) is 1. The van der Waals surface area contributed by atoms with Gasteiger partial charge in [0.25, 0.3) is 5.91 Å². The Labute approximate surface area is 195 Å². The highest BCUT2D eigenvalue weighted by atomic mass is 16.3. The Hall–Kier alpha value is -3.28. The molecule has 1 unspecified atom stereocenters. The standard InChI is InChI=1S/C27H32N4O2/c1-19-9-12-30(13-10-19)26-8-7-21(16-28-26)17-29-27(32)23-11-14-33-25(23)18-31-20(2)15-22-5-3-4-6-24(22)31/h3-8,11,14,16,19-20H,9-10,12-13,15,17-18H2,1-2H3,(H,29,32). The van der Waals surface area contributed by atoms with E-state index in [0.717, 1.165) is 36.8 Å². The van der Waals surface area contributed by atoms with Crippen LogP contribution in [0.4, 0.5) is 11.5 Å². The maximum absolute atomic E-state index is 12.9. The molecule has 1 atom stereocenters. The zero-order chi connectivity index (χ0) is 22.8. The van der Waals surface area contributed by atoms with Crippen LogP contribution in [0.1, 0.15) is 53.9 Å². The number of para-hydroxylation sites is 1. The van der Waals surface area contributed by atoms with Crippen molar-refractivity contribution in [2.24, 2.45) is 5.92 Å². The smallest absolute Gasteiger partial charge is 0.255 e. The van der Waals surface area contributed by atoms with E-state index in [-0.39, 0.29) is 5.91 Å². The van der Waals surface area contributed by atoms with Gasteiger partial charge in [-0.3, -0.25) is 4.79 Å². The highest BCUT2D eigenvalue weighted by Crippen LogP contribution is 2.33. The quantitative estimate of drug-likeness (QED) is 0.592. The number of rotatable bonds is 6. The molecule has 33 heavy (non-hydrogen) atoms. The summed E-state index contributed by atoms with van der Waals surface area (Å²) in [5.41, 5.74) is 4.16. The van der Waals surface area contributed by atoms with Gasteiger partial charge in [0.15, 0.2) is 0 Å². The molecule has 0 radical (unpaired) electrons. The molecular formula is C27H32N4O2. The largest absolute Gasteiger partial charge is 0.467 e.